The maximum Gasteiger partial charge on any atom is 0.416 e. The zero-order chi connectivity index (χ0) is 25.7. The van der Waals surface area contributed by atoms with Crippen LogP contribution in [0.25, 0.3) is 22.2 Å². The van der Waals surface area contributed by atoms with Crippen LogP contribution >= 0.6 is 0 Å². The molecule has 4 aromatic rings. The second-order valence-corrected chi connectivity index (χ2v) is 9.36. The van der Waals surface area contributed by atoms with Gasteiger partial charge in [0.15, 0.2) is 0 Å². The number of pyridine rings is 2. The van der Waals surface area contributed by atoms with Crippen LogP contribution in [0.2, 0.25) is 0 Å². The van der Waals surface area contributed by atoms with Gasteiger partial charge in [0.2, 0.25) is 5.88 Å². The van der Waals surface area contributed by atoms with Gasteiger partial charge in [0, 0.05) is 35.4 Å². The molecule has 192 valence electrons. The van der Waals surface area contributed by atoms with Gasteiger partial charge < -0.3 is 15.4 Å². The van der Waals surface area contributed by atoms with Crippen molar-refractivity contribution in [3.63, 3.8) is 0 Å². The summed E-state index contributed by atoms with van der Waals surface area (Å²) in [5, 5.41) is 8.16. The van der Waals surface area contributed by atoms with Crippen LogP contribution in [0, 0.1) is 5.92 Å². The second-order valence-electron chi connectivity index (χ2n) is 9.36. The number of rotatable bonds is 8. The van der Waals surface area contributed by atoms with Gasteiger partial charge in [-0.05, 0) is 87.2 Å². The summed E-state index contributed by atoms with van der Waals surface area (Å²) < 4.78 is 44.0. The van der Waals surface area contributed by atoms with Crippen molar-refractivity contribution in [2.24, 2.45) is 5.92 Å². The van der Waals surface area contributed by atoms with E-state index in [2.05, 4.69) is 21.7 Å². The van der Waals surface area contributed by atoms with Crippen molar-refractivity contribution in [2.75, 3.05) is 25.0 Å². The molecule has 1 atom stereocenters. The number of para-hydroxylation sites is 1. The van der Waals surface area contributed by atoms with Crippen molar-refractivity contribution >= 4 is 16.6 Å². The molecule has 8 heteroatoms. The molecule has 0 spiro atoms. The molecule has 0 amide bonds. The van der Waals surface area contributed by atoms with Gasteiger partial charge in [-0.2, -0.15) is 13.2 Å². The van der Waals surface area contributed by atoms with E-state index in [1.165, 1.54) is 31.4 Å². The predicted octanol–water partition coefficient (Wildman–Crippen LogP) is 7.30. The highest BCUT2D eigenvalue weighted by Gasteiger charge is 2.30. The van der Waals surface area contributed by atoms with E-state index >= 15 is 0 Å². The maximum absolute atomic E-state index is 12.8. The smallest absolute Gasteiger partial charge is 0.416 e. The molecule has 2 aromatic heterocycles. The highest BCUT2D eigenvalue weighted by molar-refractivity contribution is 5.93. The number of benzene rings is 2. The summed E-state index contributed by atoms with van der Waals surface area (Å²) in [5.41, 5.74) is 2.81. The van der Waals surface area contributed by atoms with Crippen molar-refractivity contribution in [1.29, 1.82) is 0 Å². The zero-order valence-corrected chi connectivity index (χ0v) is 20.4. The first-order chi connectivity index (χ1) is 18.0. The lowest BCUT2D eigenvalue weighted by molar-refractivity contribution is -0.137. The molecule has 1 aliphatic heterocycles. The summed E-state index contributed by atoms with van der Waals surface area (Å²) in [6.45, 7) is 3.15. The number of ether oxygens (including phenoxy) is 1. The van der Waals surface area contributed by atoms with Crippen LogP contribution in [0.3, 0.4) is 0 Å². The van der Waals surface area contributed by atoms with Crippen molar-refractivity contribution in [3.05, 3.63) is 78.5 Å². The lowest BCUT2D eigenvalue weighted by atomic mass is 9.95. The quantitative estimate of drug-likeness (QED) is 0.246. The Morgan fingerprint density at radius 1 is 1.03 bits per heavy atom. The molecule has 0 bridgehead atoms. The Hall–Kier alpha value is -3.65. The minimum atomic E-state index is -4.38. The molecule has 5 rings (SSSR count). The van der Waals surface area contributed by atoms with Gasteiger partial charge in [-0.3, -0.25) is 0 Å². The van der Waals surface area contributed by atoms with Gasteiger partial charge >= 0.3 is 6.18 Å². The number of aromatic nitrogens is 2. The zero-order valence-electron chi connectivity index (χ0n) is 20.4. The van der Waals surface area contributed by atoms with Crippen molar-refractivity contribution in [3.8, 4) is 22.9 Å². The molecule has 1 fully saturated rings. The van der Waals surface area contributed by atoms with E-state index in [9.17, 15) is 13.2 Å². The van der Waals surface area contributed by atoms with Crippen molar-refractivity contribution in [2.45, 2.75) is 31.9 Å². The number of anilines is 1. The fourth-order valence-corrected chi connectivity index (χ4v) is 4.68. The number of nitrogens with one attached hydrogen (secondary N) is 2. The number of nitrogens with zero attached hydrogens (tertiary/aromatic N) is 2. The molecule has 1 aliphatic rings. The molecule has 0 aliphatic carbocycles. The minimum absolute atomic E-state index is 0.285. The Morgan fingerprint density at radius 3 is 2.59 bits per heavy atom. The predicted molar refractivity (Wildman–Crippen MR) is 140 cm³/mol. The molecule has 37 heavy (non-hydrogen) atoms. The number of halogens is 3. The van der Waals surface area contributed by atoms with E-state index in [1.54, 1.807) is 12.3 Å². The van der Waals surface area contributed by atoms with E-state index < -0.39 is 11.7 Å². The average Bonchev–Trinajstić information content (AvgIpc) is 2.92. The van der Waals surface area contributed by atoms with Gasteiger partial charge in [0.05, 0.1) is 16.8 Å². The van der Waals surface area contributed by atoms with E-state index in [-0.39, 0.29) is 5.75 Å². The molecule has 2 aromatic carbocycles. The molecular formula is C29H29F3N4O. The Morgan fingerprint density at radius 2 is 1.86 bits per heavy atom. The molecule has 3 heterocycles. The van der Waals surface area contributed by atoms with Gasteiger partial charge in [0.25, 0.3) is 0 Å². The van der Waals surface area contributed by atoms with Gasteiger partial charge in [-0.25, -0.2) is 9.97 Å². The Kier molecular flexibility index (Phi) is 7.55. The average molecular weight is 507 g/mol. The number of hydrogen-bond acceptors (Lipinski definition) is 5. The maximum atomic E-state index is 12.8. The molecule has 0 saturated carbocycles. The third-order valence-electron chi connectivity index (χ3n) is 6.66. The molecule has 1 unspecified atom stereocenters. The number of piperidine rings is 1. The third kappa shape index (κ3) is 6.38. The van der Waals surface area contributed by atoms with Crippen LogP contribution in [0.1, 0.15) is 31.2 Å². The third-order valence-corrected chi connectivity index (χ3v) is 6.66. The lowest BCUT2D eigenvalue weighted by Gasteiger charge is -2.22. The summed E-state index contributed by atoms with van der Waals surface area (Å²) >= 11 is 0. The monoisotopic (exact) mass is 506 g/mol. The van der Waals surface area contributed by atoms with Crippen LogP contribution in [-0.2, 0) is 6.18 Å². The Balaban J connectivity index is 1.28. The van der Waals surface area contributed by atoms with E-state index in [0.717, 1.165) is 72.0 Å². The summed E-state index contributed by atoms with van der Waals surface area (Å²) in [4.78, 5) is 9.17. The summed E-state index contributed by atoms with van der Waals surface area (Å²) in [7, 11) is 0. The van der Waals surface area contributed by atoms with Crippen LogP contribution in [-0.4, -0.2) is 29.6 Å². The summed E-state index contributed by atoms with van der Waals surface area (Å²) in [6.07, 6.45) is 2.16. The fourth-order valence-electron chi connectivity index (χ4n) is 4.68. The van der Waals surface area contributed by atoms with Crippen LogP contribution in [0.15, 0.2) is 72.9 Å². The van der Waals surface area contributed by atoms with Crippen LogP contribution < -0.4 is 15.4 Å². The van der Waals surface area contributed by atoms with Gasteiger partial charge in [-0.15, -0.1) is 0 Å². The summed E-state index contributed by atoms with van der Waals surface area (Å²) in [6, 6.07) is 18.2. The first kappa shape index (κ1) is 25.0. The van der Waals surface area contributed by atoms with E-state index in [0.29, 0.717) is 5.88 Å². The number of fused-ring (bicyclic) bond motifs is 1. The normalized spacial score (nSPS) is 16.0. The Labute approximate surface area is 214 Å². The topological polar surface area (TPSA) is 59.1 Å². The molecular weight excluding hydrogens is 477 g/mol. The van der Waals surface area contributed by atoms with Gasteiger partial charge in [-0.1, -0.05) is 18.2 Å². The number of hydrogen-bond donors (Lipinski definition) is 2. The Bertz CT molecular complexity index is 1320. The standard InChI is InChI=1S/C29H29F3N4O/c30-29(31,32)22-10-12-23(13-11-22)37-28-14-9-21(19-35-28)26-17-27(24-7-1-2-8-25(24)36-26)34-16-4-6-20-5-3-15-33-18-20/h1-2,7-14,17,19-20,33H,3-6,15-16,18H2,(H,34,36). The minimum Gasteiger partial charge on any atom is -0.439 e. The highest BCUT2D eigenvalue weighted by atomic mass is 19.4. The van der Waals surface area contributed by atoms with E-state index in [1.807, 2.05) is 30.3 Å². The summed E-state index contributed by atoms with van der Waals surface area (Å²) in [5.74, 6) is 1.34. The van der Waals surface area contributed by atoms with Crippen LogP contribution in [0.5, 0.6) is 11.6 Å². The van der Waals surface area contributed by atoms with Gasteiger partial charge in [0.1, 0.15) is 5.75 Å². The van der Waals surface area contributed by atoms with Crippen molar-refractivity contribution < 1.29 is 17.9 Å². The van der Waals surface area contributed by atoms with Crippen LogP contribution in [0.4, 0.5) is 18.9 Å². The first-order valence-corrected chi connectivity index (χ1v) is 12.6. The van der Waals surface area contributed by atoms with Crippen molar-refractivity contribution in [1.82, 2.24) is 15.3 Å². The molecule has 5 nitrogen and oxygen atoms in total. The largest absolute Gasteiger partial charge is 0.439 e. The SMILES string of the molecule is FC(F)(F)c1ccc(Oc2ccc(-c3cc(NCCCC4CCCNC4)c4ccccc4n3)cn2)cc1. The molecule has 2 N–H and O–H groups in total. The lowest BCUT2D eigenvalue weighted by Crippen LogP contribution is -2.29. The van der Waals surface area contributed by atoms with E-state index in [4.69, 9.17) is 9.72 Å². The molecule has 1 saturated heterocycles. The fraction of sp³-hybridized carbons (Fsp3) is 0.310. The molecule has 0 radical (unpaired) electrons. The first-order valence-electron chi connectivity index (χ1n) is 12.6. The number of alkyl halides is 3. The highest BCUT2D eigenvalue weighted by Crippen LogP contribution is 2.32. The second kappa shape index (κ2) is 11.2.